The fourth-order valence-corrected chi connectivity index (χ4v) is 7.22. The highest BCUT2D eigenvalue weighted by Gasteiger charge is 2.24. The number of hydrogen-bond acceptors (Lipinski definition) is 3. The van der Waals surface area contributed by atoms with Crippen LogP contribution in [-0.4, -0.2) is 28.7 Å². The number of rotatable bonds is 7. The average molecular weight is 671 g/mol. The third-order valence-corrected chi connectivity index (χ3v) is 9.52. The van der Waals surface area contributed by atoms with E-state index in [9.17, 15) is 0 Å². The summed E-state index contributed by atoms with van der Waals surface area (Å²) >= 11 is 0. The first kappa shape index (κ1) is 31.0. The predicted molar refractivity (Wildman–Crippen MR) is 213 cm³/mol. The molecule has 0 unspecified atom stereocenters. The van der Waals surface area contributed by atoms with Gasteiger partial charge < -0.3 is 0 Å². The van der Waals surface area contributed by atoms with E-state index in [1.807, 2.05) is 49.4 Å². The summed E-state index contributed by atoms with van der Waals surface area (Å²) in [5, 5.41) is 0. The summed E-state index contributed by atoms with van der Waals surface area (Å²) in [6.45, 7) is 1.99. The number of allylic oxidation sites excluding steroid dienone is 5. The normalized spacial score (nSPS) is 12.9. The smallest absolute Gasteiger partial charge is 0.146 e. The lowest BCUT2D eigenvalue weighted by Crippen LogP contribution is -2.06. The number of terminal acetylenes is 1. The molecule has 52 heavy (non-hydrogen) atoms. The summed E-state index contributed by atoms with van der Waals surface area (Å²) in [5.41, 5.74) is 11.5. The minimum absolute atomic E-state index is 0.733. The lowest BCUT2D eigenvalue weighted by atomic mass is 10.0. The van der Waals surface area contributed by atoms with Crippen LogP contribution in [0.3, 0.4) is 0 Å². The van der Waals surface area contributed by atoms with Gasteiger partial charge in [-0.05, 0) is 98.6 Å². The zero-order valence-corrected chi connectivity index (χ0v) is 28.7. The predicted octanol–water partition coefficient (Wildman–Crippen LogP) is 10.6. The second-order valence-electron chi connectivity index (χ2n) is 12.8. The third kappa shape index (κ3) is 5.28. The molecule has 0 N–H and O–H groups in total. The molecule has 5 aromatic carbocycles. The third-order valence-electron chi connectivity index (χ3n) is 9.52. The van der Waals surface area contributed by atoms with Gasteiger partial charge in [-0.1, -0.05) is 84.8 Å². The summed E-state index contributed by atoms with van der Waals surface area (Å²) in [7, 11) is 0. The maximum absolute atomic E-state index is 6.24. The van der Waals surface area contributed by atoms with Gasteiger partial charge in [-0.3, -0.25) is 13.7 Å². The molecule has 0 fully saturated rings. The van der Waals surface area contributed by atoms with Crippen LogP contribution in [0.1, 0.15) is 24.7 Å². The van der Waals surface area contributed by atoms with Gasteiger partial charge in [0.2, 0.25) is 0 Å². The highest BCUT2D eigenvalue weighted by molar-refractivity contribution is 5.89. The van der Waals surface area contributed by atoms with Gasteiger partial charge in [0.15, 0.2) is 0 Å². The minimum atomic E-state index is 0.733. The van der Waals surface area contributed by atoms with Gasteiger partial charge in [0.05, 0.1) is 39.2 Å². The highest BCUT2D eigenvalue weighted by Crippen LogP contribution is 2.39. The topological polar surface area (TPSA) is 53.5 Å². The van der Waals surface area contributed by atoms with Gasteiger partial charge in [0, 0.05) is 28.1 Å². The zero-order chi connectivity index (χ0) is 35.0. The Morgan fingerprint density at radius 3 is 1.71 bits per heavy atom. The molecule has 1 aliphatic rings. The molecule has 0 atom stereocenters. The molecular weight excluding hydrogens is 637 g/mol. The molecule has 6 nitrogen and oxygen atoms in total. The molecule has 1 aliphatic carbocycles. The summed E-state index contributed by atoms with van der Waals surface area (Å²) in [5.74, 6) is 5.38. The maximum atomic E-state index is 6.24. The monoisotopic (exact) mass is 670 g/mol. The van der Waals surface area contributed by atoms with Crippen molar-refractivity contribution in [3.8, 4) is 57.9 Å². The minimum Gasteiger partial charge on any atom is -0.292 e. The van der Waals surface area contributed by atoms with Crippen molar-refractivity contribution >= 4 is 33.8 Å². The molecule has 3 heterocycles. The first-order valence-corrected chi connectivity index (χ1v) is 17.5. The Bertz CT molecular complexity index is 2610. The summed E-state index contributed by atoms with van der Waals surface area (Å²) < 4.78 is 6.62. The van der Waals surface area contributed by atoms with Crippen LogP contribution in [0, 0.1) is 12.3 Å². The number of para-hydroxylation sites is 6. The van der Waals surface area contributed by atoms with Crippen LogP contribution in [0.2, 0.25) is 0 Å². The number of imidazole rings is 3. The van der Waals surface area contributed by atoms with E-state index < -0.39 is 0 Å². The van der Waals surface area contributed by atoms with E-state index in [0.717, 1.165) is 97.5 Å². The molecule has 0 radical (unpaired) electrons. The van der Waals surface area contributed by atoms with Crippen molar-refractivity contribution in [2.24, 2.45) is 0 Å². The summed E-state index contributed by atoms with van der Waals surface area (Å²) in [6, 6.07) is 43.9. The Balaban J connectivity index is 1.38. The molecule has 0 aliphatic heterocycles. The maximum Gasteiger partial charge on any atom is 0.146 e. The van der Waals surface area contributed by atoms with Gasteiger partial charge >= 0.3 is 0 Å². The lowest BCUT2D eigenvalue weighted by Gasteiger charge is -2.16. The average Bonchev–Trinajstić information content (AvgIpc) is 3.91. The zero-order valence-electron chi connectivity index (χ0n) is 28.7. The van der Waals surface area contributed by atoms with E-state index in [1.54, 1.807) is 0 Å². The second kappa shape index (κ2) is 13.1. The van der Waals surface area contributed by atoms with Crippen LogP contribution >= 0.6 is 0 Å². The van der Waals surface area contributed by atoms with Crippen molar-refractivity contribution in [3.63, 3.8) is 0 Å². The molecule has 248 valence electrons. The fourth-order valence-electron chi connectivity index (χ4n) is 7.22. The van der Waals surface area contributed by atoms with Gasteiger partial charge in [-0.15, -0.1) is 6.42 Å². The van der Waals surface area contributed by atoms with Crippen molar-refractivity contribution in [1.82, 2.24) is 28.7 Å². The van der Waals surface area contributed by atoms with Crippen molar-refractivity contribution in [2.45, 2.75) is 19.8 Å². The van der Waals surface area contributed by atoms with Gasteiger partial charge in [-0.2, -0.15) is 0 Å². The largest absolute Gasteiger partial charge is 0.292 e. The molecule has 0 bridgehead atoms. The molecule has 0 saturated carbocycles. The summed E-state index contributed by atoms with van der Waals surface area (Å²) in [4.78, 5) is 15.8. The molecule has 0 spiro atoms. The fraction of sp³-hybridized carbons (Fsp3) is 0.0652. The molecule has 6 heteroatoms. The standard InChI is InChI=1S/C46H34N6/c1-3-5-18-35(4-2)50-41-26-15-12-23-38(41)47-44(50)32-29-33(45-48-39-24-13-16-27-42(39)51(45)36-19-8-6-9-20-36)31-34(30-32)46-49-40-25-14-17-28-43(40)52(46)37-21-10-7-11-22-37/h2-3,5-14,16-25,27-31H,15,26H2,1H3/b5-3-,35-18+. The molecule has 8 aromatic rings. The number of hydrogen-bond donors (Lipinski definition) is 0. The second-order valence-corrected chi connectivity index (χ2v) is 12.8. The molecule has 3 aromatic heterocycles. The van der Waals surface area contributed by atoms with Gasteiger partial charge in [0.25, 0.3) is 0 Å². The number of fused-ring (bicyclic) bond motifs is 3. The van der Waals surface area contributed by atoms with Crippen LogP contribution in [0.25, 0.3) is 79.4 Å². The Morgan fingerprint density at radius 2 is 1.17 bits per heavy atom. The van der Waals surface area contributed by atoms with Gasteiger partial charge in [-0.25, -0.2) is 15.0 Å². The van der Waals surface area contributed by atoms with E-state index in [4.69, 9.17) is 21.4 Å². The molecule has 0 saturated heterocycles. The van der Waals surface area contributed by atoms with Crippen molar-refractivity contribution in [3.05, 3.63) is 163 Å². The van der Waals surface area contributed by atoms with E-state index in [-0.39, 0.29) is 0 Å². The quantitative estimate of drug-likeness (QED) is 0.125. The first-order chi connectivity index (χ1) is 25.7. The van der Waals surface area contributed by atoms with Crippen LogP contribution in [0.4, 0.5) is 0 Å². The highest BCUT2D eigenvalue weighted by atomic mass is 15.1. The van der Waals surface area contributed by atoms with Crippen LogP contribution in [-0.2, 0) is 6.42 Å². The Labute approximate surface area is 302 Å². The van der Waals surface area contributed by atoms with E-state index >= 15 is 0 Å². The molecule has 9 rings (SSSR count). The van der Waals surface area contributed by atoms with Crippen molar-refractivity contribution < 1.29 is 0 Å². The number of benzene rings is 5. The van der Waals surface area contributed by atoms with Crippen LogP contribution in [0.15, 0.2) is 152 Å². The van der Waals surface area contributed by atoms with Crippen LogP contribution in [0.5, 0.6) is 0 Å². The Kier molecular flexibility index (Phi) is 7.79. The Morgan fingerprint density at radius 1 is 0.654 bits per heavy atom. The lowest BCUT2D eigenvalue weighted by molar-refractivity contribution is 0.894. The van der Waals surface area contributed by atoms with Crippen LogP contribution < -0.4 is 0 Å². The van der Waals surface area contributed by atoms with E-state index in [1.165, 1.54) is 0 Å². The number of aromatic nitrogens is 6. The number of nitrogens with zero attached hydrogens (tertiary/aromatic N) is 6. The SMILES string of the molecule is C#C/C(=C\C=C/C)n1c(-c2cc(-c3nc4ccccc4n3-c3ccccc3)cc(-c3nc4ccccc4n3-c3ccccc3)c2)nc2c1CCC=C2. The van der Waals surface area contributed by atoms with Crippen molar-refractivity contribution in [2.75, 3.05) is 0 Å². The summed E-state index contributed by atoms with van der Waals surface area (Å²) in [6.07, 6.45) is 18.2. The molecule has 0 amide bonds. The van der Waals surface area contributed by atoms with E-state index in [2.05, 4.69) is 135 Å². The van der Waals surface area contributed by atoms with Crippen molar-refractivity contribution in [1.29, 1.82) is 0 Å². The van der Waals surface area contributed by atoms with Gasteiger partial charge in [0.1, 0.15) is 17.5 Å². The van der Waals surface area contributed by atoms with E-state index in [0.29, 0.717) is 0 Å². The molecular formula is C46H34N6. The Hall–Kier alpha value is -6.97. The first-order valence-electron chi connectivity index (χ1n) is 17.5.